The molecule has 1 heterocycles. The fourth-order valence-corrected chi connectivity index (χ4v) is 1.17. The van der Waals surface area contributed by atoms with Crippen molar-refractivity contribution in [2.45, 2.75) is 32.7 Å². The molecule has 0 bridgehead atoms. The van der Waals surface area contributed by atoms with Gasteiger partial charge in [-0.3, -0.25) is 4.79 Å². The molecule has 0 fully saturated rings. The van der Waals surface area contributed by atoms with Gasteiger partial charge in [-0.2, -0.15) is 15.0 Å². The number of aromatic nitrogens is 3. The van der Waals surface area contributed by atoms with Gasteiger partial charge in [0.15, 0.2) is 0 Å². The van der Waals surface area contributed by atoms with Crippen LogP contribution >= 0.6 is 0 Å². The summed E-state index contributed by atoms with van der Waals surface area (Å²) in [5, 5.41) is 2.87. The number of hydrogen-bond donors (Lipinski definition) is 2. The van der Waals surface area contributed by atoms with Gasteiger partial charge in [0.05, 0.1) is 0 Å². The normalized spacial score (nSPS) is 12.3. The number of hydrogen-bond acceptors (Lipinski definition) is 6. The van der Waals surface area contributed by atoms with Gasteiger partial charge in [-0.25, -0.2) is 0 Å². The Hall–Kier alpha value is -1.92. The standard InChI is InChI=1S/C11H20N6O/c1-6(2)9-14-10(13-7(3)8(12)18)16-11(15-9)17(4)5/h6-7H,1-5H3,(H2,12,18)(H,13,14,15,16). The predicted molar refractivity (Wildman–Crippen MR) is 70.5 cm³/mol. The maximum atomic E-state index is 11.0. The monoisotopic (exact) mass is 252 g/mol. The summed E-state index contributed by atoms with van der Waals surface area (Å²) in [7, 11) is 3.70. The lowest BCUT2D eigenvalue weighted by atomic mass is 10.2. The van der Waals surface area contributed by atoms with Crippen LogP contribution in [0.25, 0.3) is 0 Å². The van der Waals surface area contributed by atoms with Gasteiger partial charge in [0, 0.05) is 20.0 Å². The van der Waals surface area contributed by atoms with Crippen molar-refractivity contribution in [1.29, 1.82) is 0 Å². The average Bonchev–Trinajstić information content (AvgIpc) is 2.28. The first-order valence-corrected chi connectivity index (χ1v) is 5.80. The van der Waals surface area contributed by atoms with Crippen LogP contribution in [0.15, 0.2) is 0 Å². The van der Waals surface area contributed by atoms with Crippen LogP contribution in [0, 0.1) is 0 Å². The zero-order valence-corrected chi connectivity index (χ0v) is 11.4. The molecule has 1 rings (SSSR count). The number of nitrogens with one attached hydrogen (secondary N) is 1. The summed E-state index contributed by atoms with van der Waals surface area (Å²) in [6.07, 6.45) is 0. The average molecular weight is 252 g/mol. The van der Waals surface area contributed by atoms with Crippen molar-refractivity contribution in [1.82, 2.24) is 15.0 Å². The second-order valence-electron chi connectivity index (χ2n) is 4.63. The molecule has 100 valence electrons. The van der Waals surface area contributed by atoms with E-state index in [-0.39, 0.29) is 5.92 Å². The molecule has 0 saturated heterocycles. The highest BCUT2D eigenvalue weighted by atomic mass is 16.1. The third kappa shape index (κ3) is 3.54. The van der Waals surface area contributed by atoms with Gasteiger partial charge in [-0.1, -0.05) is 13.8 Å². The van der Waals surface area contributed by atoms with Crippen molar-refractivity contribution in [3.8, 4) is 0 Å². The summed E-state index contributed by atoms with van der Waals surface area (Å²) < 4.78 is 0. The molecule has 1 aromatic rings. The van der Waals surface area contributed by atoms with Crippen LogP contribution in [0.5, 0.6) is 0 Å². The first-order valence-electron chi connectivity index (χ1n) is 5.80. The van der Waals surface area contributed by atoms with Crippen molar-refractivity contribution in [3.05, 3.63) is 5.82 Å². The van der Waals surface area contributed by atoms with Gasteiger partial charge >= 0.3 is 0 Å². The molecule has 7 heteroatoms. The lowest BCUT2D eigenvalue weighted by Gasteiger charge is -2.16. The Morgan fingerprint density at radius 2 is 1.83 bits per heavy atom. The van der Waals surface area contributed by atoms with Gasteiger partial charge < -0.3 is 16.0 Å². The zero-order valence-electron chi connectivity index (χ0n) is 11.4. The fraction of sp³-hybridized carbons (Fsp3) is 0.636. The van der Waals surface area contributed by atoms with E-state index in [1.807, 2.05) is 27.9 Å². The van der Waals surface area contributed by atoms with Crippen LogP contribution in [-0.4, -0.2) is 41.0 Å². The van der Waals surface area contributed by atoms with Crippen LogP contribution in [0.4, 0.5) is 11.9 Å². The molecular weight excluding hydrogens is 232 g/mol. The Balaban J connectivity index is 3.07. The molecular formula is C11H20N6O. The zero-order chi connectivity index (χ0) is 13.9. The molecule has 18 heavy (non-hydrogen) atoms. The minimum atomic E-state index is -0.526. The quantitative estimate of drug-likeness (QED) is 0.784. The third-order valence-corrected chi connectivity index (χ3v) is 2.33. The van der Waals surface area contributed by atoms with Crippen LogP contribution in [0.3, 0.4) is 0 Å². The minimum Gasteiger partial charge on any atom is -0.368 e. The van der Waals surface area contributed by atoms with Crippen LogP contribution in [-0.2, 0) is 4.79 Å². The molecule has 0 aromatic carbocycles. The predicted octanol–water partition coefficient (Wildman–Crippen LogP) is 0.347. The molecule has 0 aliphatic rings. The molecule has 0 aliphatic carbocycles. The van der Waals surface area contributed by atoms with E-state index < -0.39 is 11.9 Å². The summed E-state index contributed by atoms with van der Waals surface area (Å²) in [6.45, 7) is 5.66. The Morgan fingerprint density at radius 1 is 1.22 bits per heavy atom. The van der Waals surface area contributed by atoms with E-state index >= 15 is 0 Å². The van der Waals surface area contributed by atoms with Crippen molar-refractivity contribution < 1.29 is 4.79 Å². The molecule has 0 radical (unpaired) electrons. The van der Waals surface area contributed by atoms with Gasteiger partial charge in [0.25, 0.3) is 0 Å². The third-order valence-electron chi connectivity index (χ3n) is 2.33. The van der Waals surface area contributed by atoms with Crippen molar-refractivity contribution in [2.24, 2.45) is 5.73 Å². The van der Waals surface area contributed by atoms with E-state index in [0.29, 0.717) is 17.7 Å². The highest BCUT2D eigenvalue weighted by Gasteiger charge is 2.14. The number of nitrogens with two attached hydrogens (primary N) is 1. The second-order valence-corrected chi connectivity index (χ2v) is 4.63. The van der Waals surface area contributed by atoms with E-state index in [4.69, 9.17) is 5.73 Å². The molecule has 0 spiro atoms. The number of rotatable bonds is 5. The fourth-order valence-electron chi connectivity index (χ4n) is 1.17. The van der Waals surface area contributed by atoms with Gasteiger partial charge in [0.1, 0.15) is 11.9 Å². The summed E-state index contributed by atoms with van der Waals surface area (Å²) >= 11 is 0. The van der Waals surface area contributed by atoms with Crippen LogP contribution < -0.4 is 16.0 Å². The number of primary amides is 1. The minimum absolute atomic E-state index is 0.177. The maximum absolute atomic E-state index is 11.0. The van der Waals surface area contributed by atoms with Gasteiger partial charge in [-0.15, -0.1) is 0 Å². The van der Waals surface area contributed by atoms with E-state index in [1.165, 1.54) is 0 Å². The van der Waals surface area contributed by atoms with Crippen molar-refractivity contribution in [3.63, 3.8) is 0 Å². The molecule has 1 atom stereocenters. The number of anilines is 2. The van der Waals surface area contributed by atoms with Gasteiger partial charge in [0.2, 0.25) is 17.8 Å². The number of carbonyl (C=O) groups excluding carboxylic acids is 1. The van der Waals surface area contributed by atoms with Crippen molar-refractivity contribution >= 4 is 17.8 Å². The molecule has 1 aromatic heterocycles. The highest BCUT2D eigenvalue weighted by Crippen LogP contribution is 2.15. The maximum Gasteiger partial charge on any atom is 0.239 e. The lowest BCUT2D eigenvalue weighted by molar-refractivity contribution is -0.118. The van der Waals surface area contributed by atoms with Gasteiger partial charge in [-0.05, 0) is 6.92 Å². The summed E-state index contributed by atoms with van der Waals surface area (Å²) in [5.74, 6) is 1.31. The first-order chi connectivity index (χ1) is 8.31. The molecule has 0 aliphatic heterocycles. The topological polar surface area (TPSA) is 97.0 Å². The molecule has 3 N–H and O–H groups in total. The Kier molecular flexibility index (Phi) is 4.41. The van der Waals surface area contributed by atoms with E-state index in [0.717, 1.165) is 0 Å². The molecule has 1 unspecified atom stereocenters. The molecule has 1 amide bonds. The molecule has 0 saturated carbocycles. The highest BCUT2D eigenvalue weighted by molar-refractivity contribution is 5.81. The van der Waals surface area contributed by atoms with E-state index in [9.17, 15) is 4.79 Å². The Bertz CT molecular complexity index is 405. The summed E-state index contributed by atoms with van der Waals surface area (Å²) in [5.41, 5.74) is 5.20. The smallest absolute Gasteiger partial charge is 0.239 e. The van der Waals surface area contributed by atoms with Crippen LogP contribution in [0.2, 0.25) is 0 Å². The first kappa shape index (κ1) is 14.1. The number of nitrogens with zero attached hydrogens (tertiary/aromatic N) is 4. The van der Waals surface area contributed by atoms with Crippen LogP contribution in [0.1, 0.15) is 32.5 Å². The molecule has 7 nitrogen and oxygen atoms in total. The Labute approximate surface area is 107 Å². The van der Waals surface area contributed by atoms with Crippen molar-refractivity contribution in [2.75, 3.05) is 24.3 Å². The number of amides is 1. The van der Waals surface area contributed by atoms with E-state index in [1.54, 1.807) is 11.8 Å². The number of carbonyl (C=O) groups is 1. The Morgan fingerprint density at radius 3 is 2.28 bits per heavy atom. The summed E-state index contributed by atoms with van der Waals surface area (Å²) in [6, 6.07) is -0.526. The summed E-state index contributed by atoms with van der Waals surface area (Å²) in [4.78, 5) is 25.6. The lowest BCUT2D eigenvalue weighted by Crippen LogP contribution is -2.33. The van der Waals surface area contributed by atoms with E-state index in [2.05, 4.69) is 20.3 Å². The largest absolute Gasteiger partial charge is 0.368 e. The second kappa shape index (κ2) is 5.61. The SMILES string of the molecule is CC(Nc1nc(C(C)C)nc(N(C)C)n1)C(N)=O.